The Morgan fingerprint density at radius 3 is 1.90 bits per heavy atom. The van der Waals surface area contributed by atoms with Crippen molar-refractivity contribution in [1.29, 1.82) is 0 Å². The maximum absolute atomic E-state index is 6.06. The number of halogens is 1. The van der Waals surface area contributed by atoms with E-state index in [-0.39, 0.29) is 23.9 Å². The molecule has 1 unspecified atom stereocenters. The molecule has 0 saturated carbocycles. The summed E-state index contributed by atoms with van der Waals surface area (Å²) >= 11 is 0. The van der Waals surface area contributed by atoms with Crippen molar-refractivity contribution in [1.82, 2.24) is 0 Å². The van der Waals surface area contributed by atoms with Gasteiger partial charge in [0.05, 0.1) is 0 Å². The van der Waals surface area contributed by atoms with Crippen LogP contribution in [0, 0.1) is 0 Å². The molecule has 0 heterocycles. The lowest BCUT2D eigenvalue weighted by Gasteiger charge is -2.26. The molecule has 0 saturated heterocycles. The van der Waals surface area contributed by atoms with E-state index in [1.54, 1.807) is 0 Å². The fourth-order valence-corrected chi connectivity index (χ4v) is 2.40. The molecule has 2 N–H and O–H groups in total. The molecule has 0 bridgehead atoms. The van der Waals surface area contributed by atoms with E-state index < -0.39 is 0 Å². The number of hydrogen-bond acceptors (Lipinski definition) is 1. The molecule has 0 radical (unpaired) electrons. The van der Waals surface area contributed by atoms with Gasteiger partial charge in [0.15, 0.2) is 0 Å². The van der Waals surface area contributed by atoms with Gasteiger partial charge in [-0.3, -0.25) is 0 Å². The van der Waals surface area contributed by atoms with Gasteiger partial charge in [-0.2, -0.15) is 0 Å². The Bertz CT molecular complexity index is 517. The van der Waals surface area contributed by atoms with E-state index in [9.17, 15) is 0 Å². The molecule has 2 aromatic rings. The molecule has 0 spiro atoms. The number of nitrogens with two attached hydrogens (primary N) is 1. The van der Waals surface area contributed by atoms with Crippen LogP contribution in [0.5, 0.6) is 0 Å². The highest BCUT2D eigenvalue weighted by molar-refractivity contribution is 5.85. The van der Waals surface area contributed by atoms with Crippen LogP contribution >= 0.6 is 12.4 Å². The van der Waals surface area contributed by atoms with Crippen molar-refractivity contribution >= 4 is 12.4 Å². The van der Waals surface area contributed by atoms with Crippen molar-refractivity contribution in [2.45, 2.75) is 38.6 Å². The van der Waals surface area contributed by atoms with Crippen molar-refractivity contribution < 1.29 is 0 Å². The quantitative estimate of drug-likeness (QED) is 0.856. The van der Waals surface area contributed by atoms with Crippen LogP contribution in [-0.2, 0) is 5.41 Å². The summed E-state index contributed by atoms with van der Waals surface area (Å²) in [6.45, 7) is 6.64. The summed E-state index contributed by atoms with van der Waals surface area (Å²) in [6.07, 6.45) is 0.974. The van der Waals surface area contributed by atoms with Crippen LogP contribution < -0.4 is 5.73 Å². The zero-order chi connectivity index (χ0) is 13.9. The van der Waals surface area contributed by atoms with E-state index in [1.165, 1.54) is 16.7 Å². The SMILES string of the molecule is CCC(N)c1ccc(C(C)(C)c2ccccc2)cc1.Cl. The van der Waals surface area contributed by atoms with E-state index >= 15 is 0 Å². The zero-order valence-corrected chi connectivity index (χ0v) is 13.3. The van der Waals surface area contributed by atoms with Gasteiger partial charge in [-0.05, 0) is 23.1 Å². The Hall–Kier alpha value is -1.31. The molecule has 2 rings (SSSR count). The lowest BCUT2D eigenvalue weighted by molar-refractivity contribution is 0.638. The average molecular weight is 290 g/mol. The fraction of sp³-hybridized carbons (Fsp3) is 0.333. The Balaban J connectivity index is 0.00000200. The second kappa shape index (κ2) is 6.92. The predicted molar refractivity (Wildman–Crippen MR) is 89.5 cm³/mol. The minimum absolute atomic E-state index is 0. The molecule has 0 aliphatic heterocycles. The summed E-state index contributed by atoms with van der Waals surface area (Å²) in [7, 11) is 0. The molecule has 0 aromatic heterocycles. The number of benzene rings is 2. The van der Waals surface area contributed by atoms with Gasteiger partial charge in [0.2, 0.25) is 0 Å². The Morgan fingerprint density at radius 2 is 1.40 bits per heavy atom. The second-order valence-electron chi connectivity index (χ2n) is 5.63. The minimum atomic E-state index is 0. The van der Waals surface area contributed by atoms with E-state index in [4.69, 9.17) is 5.73 Å². The van der Waals surface area contributed by atoms with Crippen LogP contribution in [0.15, 0.2) is 54.6 Å². The average Bonchev–Trinajstić information content (AvgIpc) is 2.47. The molecule has 2 aromatic carbocycles. The molecular weight excluding hydrogens is 266 g/mol. The smallest absolute Gasteiger partial charge is 0.0292 e. The first-order valence-electron chi connectivity index (χ1n) is 6.97. The van der Waals surface area contributed by atoms with Crippen molar-refractivity contribution in [2.24, 2.45) is 5.73 Å². The summed E-state index contributed by atoms with van der Waals surface area (Å²) in [5, 5.41) is 0. The van der Waals surface area contributed by atoms with E-state index in [0.717, 1.165) is 6.42 Å². The first-order chi connectivity index (χ1) is 9.05. The highest BCUT2D eigenvalue weighted by Crippen LogP contribution is 2.31. The summed E-state index contributed by atoms with van der Waals surface area (Å²) in [6, 6.07) is 19.5. The summed E-state index contributed by atoms with van der Waals surface area (Å²) in [5.74, 6) is 0. The summed E-state index contributed by atoms with van der Waals surface area (Å²) < 4.78 is 0. The predicted octanol–water partition coefficient (Wildman–Crippen LogP) is 4.84. The first kappa shape index (κ1) is 16.7. The van der Waals surface area contributed by atoms with E-state index in [2.05, 4.69) is 75.4 Å². The molecule has 108 valence electrons. The summed E-state index contributed by atoms with van der Waals surface area (Å²) in [5.41, 5.74) is 9.97. The van der Waals surface area contributed by atoms with Gasteiger partial charge in [0.25, 0.3) is 0 Å². The third kappa shape index (κ3) is 3.41. The van der Waals surface area contributed by atoms with Crippen molar-refractivity contribution in [3.05, 3.63) is 71.3 Å². The van der Waals surface area contributed by atoms with Gasteiger partial charge < -0.3 is 5.73 Å². The first-order valence-corrected chi connectivity index (χ1v) is 6.97. The van der Waals surface area contributed by atoms with Crippen molar-refractivity contribution in [2.75, 3.05) is 0 Å². The lowest BCUT2D eigenvalue weighted by atomic mass is 9.78. The van der Waals surface area contributed by atoms with Gasteiger partial charge >= 0.3 is 0 Å². The monoisotopic (exact) mass is 289 g/mol. The maximum Gasteiger partial charge on any atom is 0.0292 e. The number of hydrogen-bond donors (Lipinski definition) is 1. The Morgan fingerprint density at radius 1 is 0.900 bits per heavy atom. The second-order valence-corrected chi connectivity index (χ2v) is 5.63. The minimum Gasteiger partial charge on any atom is -0.324 e. The normalized spacial score (nSPS) is 12.6. The van der Waals surface area contributed by atoms with E-state index in [1.807, 2.05) is 0 Å². The van der Waals surface area contributed by atoms with Crippen molar-refractivity contribution in [3.63, 3.8) is 0 Å². The van der Waals surface area contributed by atoms with Gasteiger partial charge in [0, 0.05) is 11.5 Å². The van der Waals surface area contributed by atoms with Gasteiger partial charge in [-0.1, -0.05) is 75.4 Å². The Labute approximate surface area is 128 Å². The molecule has 1 atom stereocenters. The third-order valence-electron chi connectivity index (χ3n) is 4.00. The lowest BCUT2D eigenvalue weighted by Crippen LogP contribution is -2.19. The molecule has 20 heavy (non-hydrogen) atoms. The van der Waals surface area contributed by atoms with Gasteiger partial charge in [-0.25, -0.2) is 0 Å². The standard InChI is InChI=1S/C18H23N.ClH/c1-4-17(19)14-10-12-16(13-11-14)18(2,3)15-8-6-5-7-9-15;/h5-13,17H,4,19H2,1-3H3;1H. The highest BCUT2D eigenvalue weighted by Gasteiger charge is 2.22. The maximum atomic E-state index is 6.06. The summed E-state index contributed by atoms with van der Waals surface area (Å²) in [4.78, 5) is 0. The van der Waals surface area contributed by atoms with Crippen LogP contribution in [-0.4, -0.2) is 0 Å². The van der Waals surface area contributed by atoms with Crippen molar-refractivity contribution in [3.8, 4) is 0 Å². The largest absolute Gasteiger partial charge is 0.324 e. The van der Waals surface area contributed by atoms with Crippen LogP contribution in [0.3, 0.4) is 0 Å². The van der Waals surface area contributed by atoms with Gasteiger partial charge in [0.1, 0.15) is 0 Å². The molecule has 0 fully saturated rings. The highest BCUT2D eigenvalue weighted by atomic mass is 35.5. The zero-order valence-electron chi connectivity index (χ0n) is 12.5. The van der Waals surface area contributed by atoms with E-state index in [0.29, 0.717) is 0 Å². The molecule has 2 heteroatoms. The topological polar surface area (TPSA) is 26.0 Å². The molecule has 1 nitrogen and oxygen atoms in total. The fourth-order valence-electron chi connectivity index (χ4n) is 2.40. The molecular formula is C18H24ClN. The van der Waals surface area contributed by atoms with Crippen LogP contribution in [0.2, 0.25) is 0 Å². The van der Waals surface area contributed by atoms with Crippen LogP contribution in [0.4, 0.5) is 0 Å². The van der Waals surface area contributed by atoms with Crippen LogP contribution in [0.1, 0.15) is 49.9 Å². The van der Waals surface area contributed by atoms with Gasteiger partial charge in [-0.15, -0.1) is 12.4 Å². The molecule has 0 aliphatic rings. The molecule has 0 amide bonds. The third-order valence-corrected chi connectivity index (χ3v) is 4.00. The molecule has 0 aliphatic carbocycles. The van der Waals surface area contributed by atoms with Crippen LogP contribution in [0.25, 0.3) is 0 Å². The Kier molecular flexibility index (Phi) is 5.79. The number of rotatable bonds is 4.